The van der Waals surface area contributed by atoms with Crippen LogP contribution in [0.2, 0.25) is 0 Å². The van der Waals surface area contributed by atoms with Gasteiger partial charge in [0.15, 0.2) is 5.78 Å². The number of benzene rings is 1. The quantitative estimate of drug-likeness (QED) is 0.639. The zero-order valence-corrected chi connectivity index (χ0v) is 16.1. The van der Waals surface area contributed by atoms with Crippen LogP contribution in [0.5, 0.6) is 5.75 Å². The zero-order chi connectivity index (χ0) is 19.6. The number of ether oxygens (including phenoxy) is 1. The van der Waals surface area contributed by atoms with E-state index in [4.69, 9.17) is 4.74 Å². The molecule has 1 heterocycles. The van der Waals surface area contributed by atoms with Crippen LogP contribution in [0.4, 0.5) is 13.2 Å². The lowest BCUT2D eigenvalue weighted by Crippen LogP contribution is -2.36. The van der Waals surface area contributed by atoms with Gasteiger partial charge in [-0.05, 0) is 68.8 Å². The number of hydrogen-bond acceptors (Lipinski definition) is 3. The van der Waals surface area contributed by atoms with Crippen LogP contribution in [-0.2, 0) is 12.6 Å². The number of carbonyl (C=O) groups is 1. The SMILES string of the molecule is CCc1cc(C(F)(F)F)cc(OC)c1C(=O)C[C@H]1CCC[C@H]1N1CCCC1. The lowest BCUT2D eigenvalue weighted by atomic mass is 9.89. The number of aryl methyl sites for hydroxylation is 1. The lowest BCUT2D eigenvalue weighted by molar-refractivity contribution is -0.137. The van der Waals surface area contributed by atoms with Crippen LogP contribution in [0.1, 0.15) is 66.9 Å². The molecular formula is C21H28F3NO2. The van der Waals surface area contributed by atoms with Gasteiger partial charge in [0.05, 0.1) is 18.2 Å². The van der Waals surface area contributed by atoms with Gasteiger partial charge in [-0.15, -0.1) is 0 Å². The summed E-state index contributed by atoms with van der Waals surface area (Å²) >= 11 is 0. The molecule has 1 saturated heterocycles. The topological polar surface area (TPSA) is 29.5 Å². The van der Waals surface area contributed by atoms with Gasteiger partial charge < -0.3 is 9.64 Å². The number of likely N-dealkylation sites (tertiary alicyclic amines) is 1. The Balaban J connectivity index is 1.85. The molecule has 150 valence electrons. The fourth-order valence-electron chi connectivity index (χ4n) is 4.74. The average Bonchev–Trinajstić information content (AvgIpc) is 3.30. The first-order valence-electron chi connectivity index (χ1n) is 9.90. The molecule has 1 aliphatic heterocycles. The van der Waals surface area contributed by atoms with Gasteiger partial charge in [-0.1, -0.05) is 13.3 Å². The number of hydrogen-bond donors (Lipinski definition) is 0. The fourth-order valence-corrected chi connectivity index (χ4v) is 4.74. The van der Waals surface area contributed by atoms with Crippen LogP contribution in [0.3, 0.4) is 0 Å². The van der Waals surface area contributed by atoms with E-state index >= 15 is 0 Å². The number of Topliss-reactive ketones (excluding diaryl/α,β-unsaturated/α-hetero) is 1. The van der Waals surface area contributed by atoms with Crippen molar-refractivity contribution in [3.05, 3.63) is 28.8 Å². The first-order chi connectivity index (χ1) is 12.8. The van der Waals surface area contributed by atoms with Crippen LogP contribution >= 0.6 is 0 Å². The van der Waals surface area contributed by atoms with Crippen molar-refractivity contribution < 1.29 is 22.7 Å². The van der Waals surface area contributed by atoms with Gasteiger partial charge in [0.2, 0.25) is 0 Å². The van der Waals surface area contributed by atoms with Crippen molar-refractivity contribution in [2.45, 2.75) is 64.1 Å². The monoisotopic (exact) mass is 383 g/mol. The van der Waals surface area contributed by atoms with Crippen molar-refractivity contribution in [1.29, 1.82) is 0 Å². The molecule has 27 heavy (non-hydrogen) atoms. The molecule has 3 nitrogen and oxygen atoms in total. The Bertz CT molecular complexity index is 655. The summed E-state index contributed by atoms with van der Waals surface area (Å²) in [6.07, 6.45) is 1.96. The van der Waals surface area contributed by atoms with E-state index in [-0.39, 0.29) is 17.5 Å². The second kappa shape index (κ2) is 8.21. The summed E-state index contributed by atoms with van der Waals surface area (Å²) in [5, 5.41) is 0. The predicted molar refractivity (Wildman–Crippen MR) is 98.3 cm³/mol. The minimum Gasteiger partial charge on any atom is -0.496 e. The van der Waals surface area contributed by atoms with Crippen LogP contribution in [0.15, 0.2) is 12.1 Å². The molecule has 1 aromatic carbocycles. The summed E-state index contributed by atoms with van der Waals surface area (Å²) in [5.41, 5.74) is -0.00831. The normalized spacial score (nSPS) is 23.7. The number of nitrogens with zero attached hydrogens (tertiary/aromatic N) is 1. The maximum atomic E-state index is 13.2. The van der Waals surface area contributed by atoms with E-state index in [1.807, 2.05) is 0 Å². The van der Waals surface area contributed by atoms with Gasteiger partial charge in [-0.25, -0.2) is 0 Å². The van der Waals surface area contributed by atoms with Gasteiger partial charge in [-0.2, -0.15) is 13.2 Å². The molecule has 0 bridgehead atoms. The molecule has 0 unspecified atom stereocenters. The van der Waals surface area contributed by atoms with Crippen molar-refractivity contribution in [3.63, 3.8) is 0 Å². The number of alkyl halides is 3. The maximum Gasteiger partial charge on any atom is 0.416 e. The van der Waals surface area contributed by atoms with Crippen molar-refractivity contribution in [3.8, 4) is 5.75 Å². The highest BCUT2D eigenvalue weighted by Gasteiger charge is 2.37. The highest BCUT2D eigenvalue weighted by atomic mass is 19.4. The van der Waals surface area contributed by atoms with Crippen molar-refractivity contribution >= 4 is 5.78 Å². The van der Waals surface area contributed by atoms with Crippen LogP contribution < -0.4 is 4.74 Å². The molecule has 2 fully saturated rings. The van der Waals surface area contributed by atoms with Crippen molar-refractivity contribution in [2.24, 2.45) is 5.92 Å². The molecular weight excluding hydrogens is 355 g/mol. The van der Waals surface area contributed by atoms with Crippen molar-refractivity contribution in [1.82, 2.24) is 4.90 Å². The highest BCUT2D eigenvalue weighted by Crippen LogP contribution is 2.39. The number of rotatable bonds is 6. The van der Waals surface area contributed by atoms with E-state index in [9.17, 15) is 18.0 Å². The first kappa shape index (κ1) is 20.2. The lowest BCUT2D eigenvalue weighted by Gasteiger charge is -2.29. The van der Waals surface area contributed by atoms with Crippen LogP contribution in [-0.4, -0.2) is 36.9 Å². The Morgan fingerprint density at radius 2 is 1.89 bits per heavy atom. The molecule has 1 saturated carbocycles. The second-order valence-corrected chi connectivity index (χ2v) is 7.69. The predicted octanol–water partition coefficient (Wildman–Crippen LogP) is 5.11. The number of carbonyl (C=O) groups excluding carboxylic acids is 1. The summed E-state index contributed by atoms with van der Waals surface area (Å²) in [6, 6.07) is 2.49. The van der Waals surface area contributed by atoms with Gasteiger partial charge in [0, 0.05) is 12.5 Å². The van der Waals surface area contributed by atoms with E-state index < -0.39 is 11.7 Å². The van der Waals surface area contributed by atoms with Crippen LogP contribution in [0.25, 0.3) is 0 Å². The smallest absolute Gasteiger partial charge is 0.416 e. The third kappa shape index (κ3) is 4.31. The molecule has 0 amide bonds. The largest absolute Gasteiger partial charge is 0.496 e. The standard InChI is InChI=1S/C21H28F3NO2/c1-3-14-11-16(21(22,23)24)13-19(27-2)20(14)18(26)12-15-7-6-8-17(15)25-9-4-5-10-25/h11,13,15,17H,3-10,12H2,1-2H3/t15-,17-/m1/s1. The molecule has 0 radical (unpaired) electrons. The third-order valence-electron chi connectivity index (χ3n) is 6.07. The summed E-state index contributed by atoms with van der Waals surface area (Å²) in [6.45, 7) is 3.96. The van der Waals surface area contributed by atoms with E-state index in [1.165, 1.54) is 20.0 Å². The number of halogens is 3. The van der Waals surface area contributed by atoms with Gasteiger partial charge in [0.25, 0.3) is 0 Å². The first-order valence-corrected chi connectivity index (χ1v) is 9.90. The Hall–Kier alpha value is -1.56. The molecule has 3 rings (SSSR count). The summed E-state index contributed by atoms with van der Waals surface area (Å²) < 4.78 is 44.7. The van der Waals surface area contributed by atoms with Gasteiger partial charge in [0.1, 0.15) is 5.75 Å². The molecule has 2 atom stereocenters. The van der Waals surface area contributed by atoms with Gasteiger partial charge in [-0.3, -0.25) is 4.79 Å². The zero-order valence-electron chi connectivity index (χ0n) is 16.1. The molecule has 2 aliphatic rings. The molecule has 1 aliphatic carbocycles. The molecule has 6 heteroatoms. The Morgan fingerprint density at radius 1 is 1.19 bits per heavy atom. The molecule has 0 aromatic heterocycles. The summed E-state index contributed by atoms with van der Waals surface area (Å²) in [7, 11) is 1.33. The van der Waals surface area contributed by atoms with E-state index in [2.05, 4.69) is 4.90 Å². The summed E-state index contributed by atoms with van der Waals surface area (Å²) in [4.78, 5) is 15.6. The Kier molecular flexibility index (Phi) is 6.14. The van der Waals surface area contributed by atoms with Crippen LogP contribution in [0, 0.1) is 5.92 Å². The van der Waals surface area contributed by atoms with Crippen molar-refractivity contribution in [2.75, 3.05) is 20.2 Å². The number of methoxy groups -OCH3 is 1. The molecule has 0 N–H and O–H groups in total. The Labute approximate surface area is 158 Å². The minimum atomic E-state index is -4.45. The average molecular weight is 383 g/mol. The second-order valence-electron chi connectivity index (χ2n) is 7.69. The molecule has 0 spiro atoms. The van der Waals surface area contributed by atoms with Gasteiger partial charge >= 0.3 is 6.18 Å². The molecule has 1 aromatic rings. The third-order valence-corrected chi connectivity index (χ3v) is 6.07. The van der Waals surface area contributed by atoms with E-state index in [1.54, 1.807) is 6.92 Å². The minimum absolute atomic E-state index is 0.0439. The maximum absolute atomic E-state index is 13.2. The summed E-state index contributed by atoms with van der Waals surface area (Å²) in [5.74, 6) is 0.239. The van der Waals surface area contributed by atoms with E-state index in [0.29, 0.717) is 30.0 Å². The fraction of sp³-hybridized carbons (Fsp3) is 0.667. The Morgan fingerprint density at radius 3 is 2.48 bits per heavy atom. The number of ketones is 1. The van der Waals surface area contributed by atoms with E-state index in [0.717, 1.165) is 44.5 Å². The highest BCUT2D eigenvalue weighted by molar-refractivity contribution is 6.00.